The summed E-state index contributed by atoms with van der Waals surface area (Å²) in [6.07, 6.45) is 90.2. The topological polar surface area (TPSA) is 78.9 Å². The van der Waals surface area contributed by atoms with Crippen molar-refractivity contribution in [1.82, 2.24) is 0 Å². The Kier molecular flexibility index (Phi) is 65.2. The zero-order valence-corrected chi connectivity index (χ0v) is 53.1. The first kappa shape index (κ1) is 76.6. The van der Waals surface area contributed by atoms with Crippen LogP contribution in [-0.4, -0.2) is 37.2 Å². The van der Waals surface area contributed by atoms with Gasteiger partial charge in [-0.25, -0.2) is 0 Å². The maximum absolute atomic E-state index is 13.0. The van der Waals surface area contributed by atoms with Crippen LogP contribution >= 0.6 is 0 Å². The number of rotatable bonds is 63. The Morgan fingerprint density at radius 2 is 0.487 bits per heavy atom. The molecule has 0 aromatic rings. The van der Waals surface area contributed by atoms with Crippen molar-refractivity contribution in [3.05, 3.63) is 85.1 Å². The quantitative estimate of drug-likeness (QED) is 0.0261. The first-order chi connectivity index (χ1) is 39.5. The lowest BCUT2D eigenvalue weighted by molar-refractivity contribution is -0.167. The van der Waals surface area contributed by atoms with E-state index >= 15 is 0 Å². The Labute approximate surface area is 496 Å². The number of esters is 3. The van der Waals surface area contributed by atoms with Crippen molar-refractivity contribution in [1.29, 1.82) is 0 Å². The zero-order valence-electron chi connectivity index (χ0n) is 53.1. The van der Waals surface area contributed by atoms with Crippen LogP contribution in [0.15, 0.2) is 85.1 Å². The second-order valence-electron chi connectivity index (χ2n) is 23.1. The molecule has 0 aliphatic carbocycles. The molecular weight excluding hydrogens is 985 g/mol. The van der Waals surface area contributed by atoms with E-state index in [1.165, 1.54) is 193 Å². The van der Waals surface area contributed by atoms with E-state index in [0.29, 0.717) is 19.3 Å². The summed E-state index contributed by atoms with van der Waals surface area (Å²) in [6, 6.07) is 0. The van der Waals surface area contributed by atoms with Crippen LogP contribution in [0.5, 0.6) is 0 Å². The Morgan fingerprint density at radius 1 is 0.263 bits per heavy atom. The van der Waals surface area contributed by atoms with Crippen LogP contribution in [0.3, 0.4) is 0 Å². The molecule has 462 valence electrons. The minimum Gasteiger partial charge on any atom is -0.462 e. The van der Waals surface area contributed by atoms with Gasteiger partial charge < -0.3 is 14.2 Å². The highest BCUT2D eigenvalue weighted by Crippen LogP contribution is 2.17. The molecule has 6 nitrogen and oxygen atoms in total. The molecule has 0 spiro atoms. The molecule has 0 heterocycles. The summed E-state index contributed by atoms with van der Waals surface area (Å²) >= 11 is 0. The predicted molar refractivity (Wildman–Crippen MR) is 348 cm³/mol. The molecule has 0 amide bonds. The highest BCUT2D eigenvalue weighted by molar-refractivity contribution is 5.71. The summed E-state index contributed by atoms with van der Waals surface area (Å²) in [5.74, 6) is -0.884. The third-order valence-corrected chi connectivity index (χ3v) is 15.1. The van der Waals surface area contributed by atoms with Gasteiger partial charge >= 0.3 is 17.9 Å². The number of carbonyl (C=O) groups is 3. The highest BCUT2D eigenvalue weighted by Gasteiger charge is 2.19. The molecule has 6 heteroatoms. The molecule has 1 atom stereocenters. The Morgan fingerprint density at radius 3 is 0.762 bits per heavy atom. The van der Waals surface area contributed by atoms with Crippen LogP contribution in [0.2, 0.25) is 0 Å². The molecule has 1 unspecified atom stereocenters. The smallest absolute Gasteiger partial charge is 0.306 e. The fourth-order valence-electron chi connectivity index (χ4n) is 9.97. The molecule has 0 aliphatic rings. The van der Waals surface area contributed by atoms with Gasteiger partial charge in [-0.15, -0.1) is 0 Å². The van der Waals surface area contributed by atoms with Gasteiger partial charge in [0.2, 0.25) is 0 Å². The predicted octanol–water partition coefficient (Wildman–Crippen LogP) is 23.8. The fraction of sp³-hybridized carbons (Fsp3) is 0.770. The fourth-order valence-corrected chi connectivity index (χ4v) is 9.97. The second-order valence-corrected chi connectivity index (χ2v) is 23.1. The number of hydrogen-bond acceptors (Lipinski definition) is 6. The van der Waals surface area contributed by atoms with Gasteiger partial charge in [0, 0.05) is 19.3 Å². The maximum atomic E-state index is 13.0. The van der Waals surface area contributed by atoms with Crippen LogP contribution in [0.25, 0.3) is 0 Å². The summed E-state index contributed by atoms with van der Waals surface area (Å²) in [5, 5.41) is 0. The van der Waals surface area contributed by atoms with E-state index in [-0.39, 0.29) is 31.1 Å². The van der Waals surface area contributed by atoms with E-state index in [9.17, 15) is 14.4 Å². The van der Waals surface area contributed by atoms with Gasteiger partial charge in [0.15, 0.2) is 6.10 Å². The molecule has 0 fully saturated rings. The van der Waals surface area contributed by atoms with Crippen LogP contribution in [-0.2, 0) is 28.6 Å². The van der Waals surface area contributed by atoms with Crippen molar-refractivity contribution in [2.24, 2.45) is 0 Å². The lowest BCUT2D eigenvalue weighted by Gasteiger charge is -2.18. The van der Waals surface area contributed by atoms with Crippen LogP contribution in [0, 0.1) is 0 Å². The van der Waals surface area contributed by atoms with Gasteiger partial charge in [0.05, 0.1) is 0 Å². The van der Waals surface area contributed by atoms with E-state index in [2.05, 4.69) is 106 Å². The van der Waals surface area contributed by atoms with Gasteiger partial charge in [0.1, 0.15) is 13.2 Å². The zero-order chi connectivity index (χ0) is 57.8. The summed E-state index contributed by atoms with van der Waals surface area (Å²) in [5.41, 5.74) is 0. The lowest BCUT2D eigenvalue weighted by Crippen LogP contribution is -2.30. The molecule has 0 N–H and O–H groups in total. The lowest BCUT2D eigenvalue weighted by atomic mass is 10.0. The first-order valence-corrected chi connectivity index (χ1v) is 34.6. The number of unbranched alkanes of at least 4 members (excludes halogenated alkanes) is 38. The maximum Gasteiger partial charge on any atom is 0.306 e. The average molecular weight is 1120 g/mol. The average Bonchev–Trinajstić information content (AvgIpc) is 3.46. The molecule has 0 rings (SSSR count). The normalized spacial score (nSPS) is 12.6. The molecule has 0 saturated heterocycles. The third-order valence-electron chi connectivity index (χ3n) is 15.1. The molecule has 0 aromatic heterocycles. The first-order valence-electron chi connectivity index (χ1n) is 34.6. The molecule has 0 aliphatic heterocycles. The largest absolute Gasteiger partial charge is 0.462 e. The van der Waals surface area contributed by atoms with Crippen molar-refractivity contribution in [3.8, 4) is 0 Å². The molecule has 80 heavy (non-hydrogen) atoms. The Balaban J connectivity index is 4.40. The van der Waals surface area contributed by atoms with Gasteiger partial charge in [-0.05, 0) is 96.3 Å². The minimum absolute atomic E-state index is 0.0815. The summed E-state index contributed by atoms with van der Waals surface area (Å²) in [7, 11) is 0. The van der Waals surface area contributed by atoms with E-state index in [1.807, 2.05) is 0 Å². The van der Waals surface area contributed by atoms with Gasteiger partial charge in [-0.2, -0.15) is 0 Å². The van der Waals surface area contributed by atoms with Crippen molar-refractivity contribution < 1.29 is 28.6 Å². The van der Waals surface area contributed by atoms with Gasteiger partial charge in [-0.3, -0.25) is 14.4 Å². The van der Waals surface area contributed by atoms with Crippen molar-refractivity contribution in [2.45, 2.75) is 354 Å². The summed E-state index contributed by atoms with van der Waals surface area (Å²) in [4.78, 5) is 38.5. The molecule has 0 radical (unpaired) electrons. The van der Waals surface area contributed by atoms with Crippen molar-refractivity contribution in [2.75, 3.05) is 13.2 Å². The van der Waals surface area contributed by atoms with Crippen molar-refractivity contribution >= 4 is 17.9 Å². The van der Waals surface area contributed by atoms with Gasteiger partial charge in [0.25, 0.3) is 0 Å². The monoisotopic (exact) mass is 1110 g/mol. The van der Waals surface area contributed by atoms with Crippen LogP contribution in [0.4, 0.5) is 0 Å². The Hall–Kier alpha value is -3.41. The van der Waals surface area contributed by atoms with Crippen LogP contribution < -0.4 is 0 Å². The number of ether oxygens (including phenoxy) is 3. The van der Waals surface area contributed by atoms with E-state index in [1.54, 1.807) is 0 Å². The summed E-state index contributed by atoms with van der Waals surface area (Å²) < 4.78 is 17.0. The van der Waals surface area contributed by atoms with E-state index < -0.39 is 6.10 Å². The number of allylic oxidation sites excluding steroid dienone is 14. The molecule has 0 bridgehead atoms. The Bertz CT molecular complexity index is 1520. The van der Waals surface area contributed by atoms with E-state index in [0.717, 1.165) is 116 Å². The number of carbonyl (C=O) groups excluding carboxylic acids is 3. The SMILES string of the molecule is CC/C=C\C/C=C\C/C=C\C/C=C\CCCCCCCCCCC(=O)OCC(COC(=O)CCCCCCCCCCCCCCCCCCCCCC)OC(=O)CCCCCCCC/C=C\C/C=C\C/C=C\CCCCCCC. The molecule has 0 aromatic carbocycles. The van der Waals surface area contributed by atoms with Gasteiger partial charge in [-0.1, -0.05) is 318 Å². The minimum atomic E-state index is -0.788. The highest BCUT2D eigenvalue weighted by atomic mass is 16.6. The van der Waals surface area contributed by atoms with Crippen molar-refractivity contribution in [3.63, 3.8) is 0 Å². The standard InChI is InChI=1S/C74H130O6/c1-4-7-10-13-16-19-22-25-28-31-34-37-40-43-46-49-52-55-58-61-64-67-73(76)79-70-71(69-78-72(75)66-63-60-57-54-51-48-45-42-39-36-33-30-27-24-21-18-15-12-9-6-3)80-74(77)68-65-62-59-56-53-50-47-44-41-38-35-32-29-26-23-20-17-14-11-8-5-2/h7,10,16,19,23,25-26,28,32,34-35,37,41,44,71H,4-6,8-9,11-15,17-18,20-22,24,27,29-31,33,36,38-40,42-43,45-70H2,1-3H3/b10-7-,19-16-,26-23-,28-25-,35-32-,37-34-,44-41-. The molecule has 0 saturated carbocycles. The number of hydrogen-bond donors (Lipinski definition) is 0. The summed E-state index contributed by atoms with van der Waals surface area (Å²) in [6.45, 7) is 6.55. The van der Waals surface area contributed by atoms with E-state index in [4.69, 9.17) is 14.2 Å². The second kappa shape index (κ2) is 68.1. The van der Waals surface area contributed by atoms with Crippen LogP contribution in [0.1, 0.15) is 348 Å². The third kappa shape index (κ3) is 65.4. The molecular formula is C74H130O6.